The van der Waals surface area contributed by atoms with Crippen molar-refractivity contribution in [2.24, 2.45) is 0 Å². The van der Waals surface area contributed by atoms with E-state index in [1.54, 1.807) is 13.0 Å². The van der Waals surface area contributed by atoms with Crippen LogP contribution in [-0.2, 0) is 6.42 Å². The van der Waals surface area contributed by atoms with Gasteiger partial charge in [0, 0.05) is 10.6 Å². The normalized spacial score (nSPS) is 10.7. The molecule has 1 aromatic carbocycles. The zero-order valence-electron chi connectivity index (χ0n) is 7.36. The third-order valence-electron chi connectivity index (χ3n) is 1.72. The summed E-state index contributed by atoms with van der Waals surface area (Å²) in [7, 11) is 0. The summed E-state index contributed by atoms with van der Waals surface area (Å²) in [6, 6.07) is 2.99. The van der Waals surface area contributed by atoms with E-state index in [0.29, 0.717) is 17.0 Å². The van der Waals surface area contributed by atoms with E-state index in [-0.39, 0.29) is 10.8 Å². The molecular weight excluding hydrogens is 233 g/mol. The number of hydrogen-bond donors (Lipinski definition) is 0. The van der Waals surface area contributed by atoms with Crippen LogP contribution in [0.15, 0.2) is 12.1 Å². The summed E-state index contributed by atoms with van der Waals surface area (Å²) >= 11 is 11.5. The van der Waals surface area contributed by atoms with Crippen molar-refractivity contribution >= 4 is 23.2 Å². The number of rotatable bonds is 3. The topological polar surface area (TPSA) is 9.23 Å². The fourth-order valence-electron chi connectivity index (χ4n) is 1.12. The van der Waals surface area contributed by atoms with Crippen molar-refractivity contribution in [1.29, 1.82) is 0 Å². The number of ether oxygens (including phenoxy) is 1. The Morgan fingerprint density at radius 3 is 2.36 bits per heavy atom. The van der Waals surface area contributed by atoms with Crippen molar-refractivity contribution in [3.8, 4) is 5.75 Å². The van der Waals surface area contributed by atoms with Gasteiger partial charge in [-0.25, -0.2) is 0 Å². The number of benzene rings is 1. The van der Waals surface area contributed by atoms with E-state index < -0.39 is 6.61 Å². The molecule has 0 heterocycles. The van der Waals surface area contributed by atoms with Gasteiger partial charge >= 0.3 is 6.61 Å². The van der Waals surface area contributed by atoms with E-state index in [4.69, 9.17) is 23.2 Å². The molecule has 0 aromatic heterocycles. The van der Waals surface area contributed by atoms with Gasteiger partial charge in [0.2, 0.25) is 0 Å². The Bertz CT molecular complexity index is 329. The maximum Gasteiger partial charge on any atom is 0.387 e. The van der Waals surface area contributed by atoms with Gasteiger partial charge in [-0.05, 0) is 18.6 Å². The number of alkyl halides is 2. The molecule has 5 heteroatoms. The first kappa shape index (κ1) is 11.5. The predicted octanol–water partition coefficient (Wildman–Crippen LogP) is 4.16. The highest BCUT2D eigenvalue weighted by Gasteiger charge is 2.15. The summed E-state index contributed by atoms with van der Waals surface area (Å²) < 4.78 is 28.3. The minimum Gasteiger partial charge on any atom is -0.433 e. The van der Waals surface area contributed by atoms with E-state index in [2.05, 4.69) is 4.74 Å². The van der Waals surface area contributed by atoms with Crippen LogP contribution in [-0.4, -0.2) is 6.61 Å². The Labute approximate surface area is 90.6 Å². The smallest absolute Gasteiger partial charge is 0.387 e. The van der Waals surface area contributed by atoms with Crippen molar-refractivity contribution in [2.45, 2.75) is 20.0 Å². The van der Waals surface area contributed by atoms with Crippen LogP contribution in [0.25, 0.3) is 0 Å². The number of hydrogen-bond acceptors (Lipinski definition) is 1. The molecule has 1 rings (SSSR count). The molecule has 0 aliphatic carbocycles. The third-order valence-corrected chi connectivity index (χ3v) is 2.37. The van der Waals surface area contributed by atoms with E-state index in [1.807, 2.05) is 0 Å². The molecule has 0 N–H and O–H groups in total. The van der Waals surface area contributed by atoms with Gasteiger partial charge in [-0.2, -0.15) is 8.78 Å². The summed E-state index contributed by atoms with van der Waals surface area (Å²) in [6.07, 6.45) is 0.488. The highest BCUT2D eigenvalue weighted by molar-refractivity contribution is 6.34. The van der Waals surface area contributed by atoms with Crippen molar-refractivity contribution < 1.29 is 13.5 Å². The lowest BCUT2D eigenvalue weighted by Crippen LogP contribution is -2.05. The van der Waals surface area contributed by atoms with Crippen LogP contribution in [0.4, 0.5) is 8.78 Å². The zero-order chi connectivity index (χ0) is 10.7. The summed E-state index contributed by atoms with van der Waals surface area (Å²) in [4.78, 5) is 0. The van der Waals surface area contributed by atoms with Crippen LogP contribution in [0, 0.1) is 0 Å². The van der Waals surface area contributed by atoms with Crippen LogP contribution < -0.4 is 4.74 Å². The van der Waals surface area contributed by atoms with Crippen LogP contribution in [0.5, 0.6) is 5.75 Å². The molecule has 78 valence electrons. The minimum atomic E-state index is -2.89. The molecule has 1 nitrogen and oxygen atoms in total. The van der Waals surface area contributed by atoms with Gasteiger partial charge in [-0.15, -0.1) is 0 Å². The van der Waals surface area contributed by atoms with E-state index >= 15 is 0 Å². The van der Waals surface area contributed by atoms with Crippen molar-refractivity contribution in [3.63, 3.8) is 0 Å². The monoisotopic (exact) mass is 240 g/mol. The quantitative estimate of drug-likeness (QED) is 0.772. The van der Waals surface area contributed by atoms with Crippen LogP contribution in [0.1, 0.15) is 12.5 Å². The largest absolute Gasteiger partial charge is 0.433 e. The van der Waals surface area contributed by atoms with Gasteiger partial charge in [0.05, 0.1) is 5.02 Å². The van der Waals surface area contributed by atoms with Crippen LogP contribution in [0.2, 0.25) is 10.0 Å². The van der Waals surface area contributed by atoms with Gasteiger partial charge in [-0.1, -0.05) is 30.1 Å². The Kier molecular flexibility index (Phi) is 3.96. The molecule has 1 aromatic rings. The number of halogens is 4. The molecule has 0 amide bonds. The first-order chi connectivity index (χ1) is 6.56. The van der Waals surface area contributed by atoms with Crippen molar-refractivity contribution in [3.05, 3.63) is 27.7 Å². The maximum absolute atomic E-state index is 12.0. The Morgan fingerprint density at radius 2 is 1.86 bits per heavy atom. The fourth-order valence-corrected chi connectivity index (χ4v) is 1.63. The van der Waals surface area contributed by atoms with Crippen molar-refractivity contribution in [1.82, 2.24) is 0 Å². The minimum absolute atomic E-state index is 0.0309. The average molecular weight is 241 g/mol. The zero-order valence-corrected chi connectivity index (χ0v) is 8.87. The maximum atomic E-state index is 12.0. The summed E-state index contributed by atoms with van der Waals surface area (Å²) in [6.45, 7) is -1.10. The summed E-state index contributed by atoms with van der Waals surface area (Å²) in [5.41, 5.74) is 0.500. The van der Waals surface area contributed by atoms with Gasteiger partial charge in [0.1, 0.15) is 5.75 Å². The molecule has 0 fully saturated rings. The van der Waals surface area contributed by atoms with Gasteiger partial charge in [0.15, 0.2) is 0 Å². The van der Waals surface area contributed by atoms with Crippen LogP contribution in [0.3, 0.4) is 0 Å². The Morgan fingerprint density at radius 1 is 1.29 bits per heavy atom. The molecule has 0 spiro atoms. The average Bonchev–Trinajstić information content (AvgIpc) is 2.11. The van der Waals surface area contributed by atoms with Crippen molar-refractivity contribution in [2.75, 3.05) is 0 Å². The Hall–Kier alpha value is -0.540. The second-order valence-electron chi connectivity index (χ2n) is 2.57. The van der Waals surface area contributed by atoms with Crippen LogP contribution >= 0.6 is 23.2 Å². The summed E-state index contributed by atoms with van der Waals surface area (Å²) in [5.74, 6) is -0.0309. The van der Waals surface area contributed by atoms with Gasteiger partial charge < -0.3 is 4.74 Å². The summed E-state index contributed by atoms with van der Waals surface area (Å²) in [5, 5.41) is 0.527. The second kappa shape index (κ2) is 4.80. The molecule has 0 radical (unpaired) electrons. The molecule has 14 heavy (non-hydrogen) atoms. The second-order valence-corrected chi connectivity index (χ2v) is 3.38. The molecule has 0 atom stereocenters. The lowest BCUT2D eigenvalue weighted by molar-refractivity contribution is -0.0503. The van der Waals surface area contributed by atoms with E-state index in [1.165, 1.54) is 6.07 Å². The first-order valence-corrected chi connectivity index (χ1v) is 4.73. The lowest BCUT2D eigenvalue weighted by atomic mass is 10.1. The SMILES string of the molecule is CCc1c(Cl)ccc(Cl)c1OC(F)F. The molecule has 0 aliphatic heterocycles. The molecule has 0 unspecified atom stereocenters. The molecule has 0 bridgehead atoms. The Balaban J connectivity index is 3.16. The first-order valence-electron chi connectivity index (χ1n) is 3.98. The van der Waals surface area contributed by atoms with Gasteiger partial charge in [-0.3, -0.25) is 0 Å². The highest BCUT2D eigenvalue weighted by Crippen LogP contribution is 2.35. The molecule has 0 saturated carbocycles. The van der Waals surface area contributed by atoms with E-state index in [9.17, 15) is 8.78 Å². The van der Waals surface area contributed by atoms with Gasteiger partial charge in [0.25, 0.3) is 0 Å². The molecular formula is C9H8Cl2F2O. The van der Waals surface area contributed by atoms with E-state index in [0.717, 1.165) is 0 Å². The lowest BCUT2D eigenvalue weighted by Gasteiger charge is -2.12. The third kappa shape index (κ3) is 2.49. The highest BCUT2D eigenvalue weighted by atomic mass is 35.5. The standard InChI is InChI=1S/C9H8Cl2F2O/c1-2-5-6(10)3-4-7(11)8(5)14-9(12)13/h3-4,9H,2H2,1H3. The fraction of sp³-hybridized carbons (Fsp3) is 0.333. The molecule has 0 saturated heterocycles. The predicted molar refractivity (Wildman–Crippen MR) is 52.5 cm³/mol. The molecule has 0 aliphatic rings.